The van der Waals surface area contributed by atoms with Crippen molar-refractivity contribution in [1.29, 1.82) is 0 Å². The average molecular weight is 488 g/mol. The molecule has 198 valence electrons. The van der Waals surface area contributed by atoms with E-state index in [1.165, 1.54) is 70.6 Å². The highest BCUT2D eigenvalue weighted by atomic mass is 16.5. The molecular weight excluding hydrogens is 438 g/mol. The lowest BCUT2D eigenvalue weighted by atomic mass is 9.85. The maximum atomic E-state index is 12.3. The fraction of sp³-hybridized carbons (Fsp3) is 0.759. The van der Waals surface area contributed by atoms with Crippen LogP contribution in [-0.2, 0) is 11.3 Å². The highest BCUT2D eigenvalue weighted by molar-refractivity contribution is 5.75. The molecule has 1 aromatic rings. The van der Waals surface area contributed by atoms with Crippen LogP contribution < -0.4 is 20.5 Å². The molecule has 0 saturated heterocycles. The minimum absolute atomic E-state index is 0.146. The van der Waals surface area contributed by atoms with Crippen molar-refractivity contribution in [2.75, 3.05) is 39.9 Å². The number of nitrogens with one attached hydrogen (secondary N) is 1. The van der Waals surface area contributed by atoms with Crippen LogP contribution in [0.1, 0.15) is 89.0 Å². The summed E-state index contributed by atoms with van der Waals surface area (Å²) < 4.78 is 11.6. The summed E-state index contributed by atoms with van der Waals surface area (Å²) in [6, 6.07) is 6.08. The Hall–Kier alpha value is -1.79. The van der Waals surface area contributed by atoms with Crippen molar-refractivity contribution in [3.8, 4) is 11.5 Å². The lowest BCUT2D eigenvalue weighted by Gasteiger charge is -2.32. The molecule has 6 nitrogen and oxygen atoms in total. The lowest BCUT2D eigenvalue weighted by Crippen LogP contribution is -2.35. The molecule has 3 N–H and O–H groups in total. The molecule has 0 atom stereocenters. The van der Waals surface area contributed by atoms with Gasteiger partial charge >= 0.3 is 0 Å². The van der Waals surface area contributed by atoms with Crippen LogP contribution in [0.5, 0.6) is 11.5 Å². The zero-order valence-corrected chi connectivity index (χ0v) is 22.1. The van der Waals surface area contributed by atoms with Crippen LogP contribution in [0.4, 0.5) is 0 Å². The Morgan fingerprint density at radius 3 is 2.40 bits per heavy atom. The first-order valence-electron chi connectivity index (χ1n) is 14.2. The van der Waals surface area contributed by atoms with Gasteiger partial charge in [0.15, 0.2) is 0 Å². The topological polar surface area (TPSA) is 76.8 Å². The third kappa shape index (κ3) is 10.4. The predicted molar refractivity (Wildman–Crippen MR) is 143 cm³/mol. The van der Waals surface area contributed by atoms with E-state index in [9.17, 15) is 4.79 Å². The summed E-state index contributed by atoms with van der Waals surface area (Å²) in [4.78, 5) is 14.8. The van der Waals surface area contributed by atoms with Crippen molar-refractivity contribution >= 4 is 5.91 Å². The number of nitrogens with two attached hydrogens (primary N) is 1. The highest BCUT2D eigenvalue weighted by Crippen LogP contribution is 2.30. The van der Waals surface area contributed by atoms with Gasteiger partial charge in [-0.25, -0.2) is 0 Å². The second-order valence-corrected chi connectivity index (χ2v) is 10.6. The summed E-state index contributed by atoms with van der Waals surface area (Å²) in [5.74, 6) is 3.25. The zero-order valence-electron chi connectivity index (χ0n) is 22.1. The number of benzene rings is 1. The molecule has 0 unspecified atom stereocenters. The fourth-order valence-electron chi connectivity index (χ4n) is 5.34. The van der Waals surface area contributed by atoms with Crippen LogP contribution >= 0.6 is 0 Å². The van der Waals surface area contributed by atoms with E-state index in [4.69, 9.17) is 15.2 Å². The van der Waals surface area contributed by atoms with Gasteiger partial charge in [-0.3, -0.25) is 9.69 Å². The van der Waals surface area contributed by atoms with Crippen molar-refractivity contribution in [3.63, 3.8) is 0 Å². The summed E-state index contributed by atoms with van der Waals surface area (Å²) >= 11 is 0. The third-order valence-corrected chi connectivity index (χ3v) is 7.72. The average Bonchev–Trinajstić information content (AvgIpc) is 2.97. The van der Waals surface area contributed by atoms with Gasteiger partial charge in [-0.15, -0.1) is 0 Å². The quantitative estimate of drug-likeness (QED) is 0.349. The van der Waals surface area contributed by atoms with Crippen molar-refractivity contribution in [1.82, 2.24) is 10.2 Å². The molecule has 1 amide bonds. The number of carbonyl (C=O) groups excluding carboxylic acids is 1. The monoisotopic (exact) mass is 487 g/mol. The van der Waals surface area contributed by atoms with Gasteiger partial charge in [-0.2, -0.15) is 0 Å². The predicted octanol–water partition coefficient (Wildman–Crippen LogP) is 5.28. The standard InChI is InChI=1S/C29H49N3O3/c1-34-28-20-27(16-15-26(28)23-32(18-17-30)22-25-12-8-13-25)35-19-9-14-29(33)31-21-24-10-6-4-2-3-5-7-11-24/h15-16,20,24-25H,2-14,17-19,21-23,30H2,1H3,(H,31,33). The third-order valence-electron chi connectivity index (χ3n) is 7.72. The van der Waals surface area contributed by atoms with Crippen LogP contribution in [0.2, 0.25) is 0 Å². The van der Waals surface area contributed by atoms with Crippen LogP contribution in [0.3, 0.4) is 0 Å². The minimum Gasteiger partial charge on any atom is -0.496 e. The van der Waals surface area contributed by atoms with E-state index in [0.29, 0.717) is 31.9 Å². The minimum atomic E-state index is 0.146. The Bertz CT molecular complexity index is 728. The first kappa shape index (κ1) is 27.8. The smallest absolute Gasteiger partial charge is 0.220 e. The first-order chi connectivity index (χ1) is 17.2. The van der Waals surface area contributed by atoms with E-state index < -0.39 is 0 Å². The van der Waals surface area contributed by atoms with Gasteiger partial charge in [0, 0.05) is 50.8 Å². The van der Waals surface area contributed by atoms with Gasteiger partial charge in [0.25, 0.3) is 0 Å². The second kappa shape index (κ2) is 16.1. The normalized spacial score (nSPS) is 17.8. The van der Waals surface area contributed by atoms with E-state index in [-0.39, 0.29) is 5.91 Å². The van der Waals surface area contributed by atoms with Gasteiger partial charge in [0.2, 0.25) is 5.91 Å². The molecule has 2 aliphatic rings. The second-order valence-electron chi connectivity index (χ2n) is 10.6. The molecule has 0 spiro atoms. The summed E-state index contributed by atoms with van der Waals surface area (Å²) in [5, 5.41) is 3.17. The van der Waals surface area contributed by atoms with Crippen molar-refractivity contribution in [3.05, 3.63) is 23.8 Å². The first-order valence-corrected chi connectivity index (χ1v) is 14.2. The lowest BCUT2D eigenvalue weighted by molar-refractivity contribution is -0.121. The number of hydrogen-bond donors (Lipinski definition) is 2. The molecule has 3 rings (SSSR count). The maximum Gasteiger partial charge on any atom is 0.220 e. The molecule has 0 heterocycles. The van der Waals surface area contributed by atoms with Crippen LogP contribution in [0.15, 0.2) is 18.2 Å². The number of methoxy groups -OCH3 is 1. The highest BCUT2D eigenvalue weighted by Gasteiger charge is 2.21. The Morgan fingerprint density at radius 1 is 1.03 bits per heavy atom. The molecule has 2 fully saturated rings. The van der Waals surface area contributed by atoms with E-state index >= 15 is 0 Å². The zero-order chi connectivity index (χ0) is 24.7. The molecular formula is C29H49N3O3. The van der Waals surface area contributed by atoms with Gasteiger partial charge in [-0.1, -0.05) is 51.0 Å². The van der Waals surface area contributed by atoms with Gasteiger partial charge in [0.05, 0.1) is 13.7 Å². The number of rotatable bonds is 14. The van der Waals surface area contributed by atoms with E-state index in [0.717, 1.165) is 49.2 Å². The molecule has 0 aromatic heterocycles. The summed E-state index contributed by atoms with van der Waals surface area (Å²) in [5.41, 5.74) is 7.02. The largest absolute Gasteiger partial charge is 0.496 e. The number of ether oxygens (including phenoxy) is 2. The van der Waals surface area contributed by atoms with Crippen LogP contribution in [-0.4, -0.2) is 50.7 Å². The van der Waals surface area contributed by atoms with Gasteiger partial charge < -0.3 is 20.5 Å². The number of nitrogens with zero attached hydrogens (tertiary/aromatic N) is 1. The number of carbonyl (C=O) groups is 1. The Morgan fingerprint density at radius 2 is 1.74 bits per heavy atom. The van der Waals surface area contributed by atoms with Crippen LogP contribution in [0.25, 0.3) is 0 Å². The summed E-state index contributed by atoms with van der Waals surface area (Å²) in [6.45, 7) is 4.89. The van der Waals surface area contributed by atoms with Gasteiger partial charge in [0.1, 0.15) is 11.5 Å². The van der Waals surface area contributed by atoms with Gasteiger partial charge in [-0.05, 0) is 50.0 Å². The van der Waals surface area contributed by atoms with Crippen molar-refractivity contribution in [2.45, 2.75) is 90.0 Å². The maximum absolute atomic E-state index is 12.3. The van der Waals surface area contributed by atoms with E-state index in [2.05, 4.69) is 16.3 Å². The number of hydrogen-bond acceptors (Lipinski definition) is 5. The molecule has 2 aliphatic carbocycles. The van der Waals surface area contributed by atoms with E-state index in [1.807, 2.05) is 12.1 Å². The number of amides is 1. The molecule has 35 heavy (non-hydrogen) atoms. The Kier molecular flexibility index (Phi) is 12.7. The Balaban J connectivity index is 1.37. The molecule has 0 aliphatic heterocycles. The van der Waals surface area contributed by atoms with Crippen molar-refractivity contribution in [2.24, 2.45) is 17.6 Å². The molecule has 2 saturated carbocycles. The van der Waals surface area contributed by atoms with Crippen LogP contribution in [0, 0.1) is 11.8 Å². The fourth-order valence-corrected chi connectivity index (χ4v) is 5.34. The summed E-state index contributed by atoms with van der Waals surface area (Å²) in [6.07, 6.45) is 15.8. The SMILES string of the molecule is COc1cc(OCCCC(=O)NCC2CCCCCCCC2)ccc1CN(CCN)CC1CCC1. The van der Waals surface area contributed by atoms with Crippen molar-refractivity contribution < 1.29 is 14.3 Å². The van der Waals surface area contributed by atoms with E-state index in [1.54, 1.807) is 7.11 Å². The summed E-state index contributed by atoms with van der Waals surface area (Å²) in [7, 11) is 1.71. The molecule has 0 bridgehead atoms. The molecule has 0 radical (unpaired) electrons. The molecule has 1 aromatic carbocycles. The molecule has 6 heteroatoms. The Labute approximate surface area is 213 Å².